The van der Waals surface area contributed by atoms with Gasteiger partial charge in [0.15, 0.2) is 0 Å². The van der Waals surface area contributed by atoms with E-state index in [2.05, 4.69) is 26.1 Å². The van der Waals surface area contributed by atoms with Gasteiger partial charge < -0.3 is 14.3 Å². The number of hydrogen-bond acceptors (Lipinski definition) is 3. The van der Waals surface area contributed by atoms with Crippen LogP contribution in [-0.2, 0) is 13.1 Å². The number of pyridine rings is 1. The third-order valence-corrected chi connectivity index (χ3v) is 3.09. The van der Waals surface area contributed by atoms with Gasteiger partial charge in [0.25, 0.3) is 5.56 Å². The van der Waals surface area contributed by atoms with E-state index in [1.165, 1.54) is 0 Å². The molecule has 0 atom stereocenters. The van der Waals surface area contributed by atoms with Crippen molar-refractivity contribution in [3.63, 3.8) is 0 Å². The van der Waals surface area contributed by atoms with Gasteiger partial charge in [-0.2, -0.15) is 0 Å². The predicted molar refractivity (Wildman–Crippen MR) is 79.8 cm³/mol. The predicted octanol–water partition coefficient (Wildman–Crippen LogP) is 2.69. The van der Waals surface area contributed by atoms with Gasteiger partial charge in [-0.25, -0.2) is 0 Å². The van der Waals surface area contributed by atoms with Crippen molar-refractivity contribution in [1.29, 1.82) is 0 Å². The van der Waals surface area contributed by atoms with Crippen LogP contribution in [0.4, 0.5) is 0 Å². The van der Waals surface area contributed by atoms with Crippen LogP contribution in [0.3, 0.4) is 0 Å². The van der Waals surface area contributed by atoms with Crippen LogP contribution in [0.1, 0.15) is 38.0 Å². The minimum atomic E-state index is -0.00392. The first-order valence-electron chi connectivity index (χ1n) is 6.84. The highest BCUT2D eigenvalue weighted by molar-refractivity contribution is 5.11. The molecular weight excluding hydrogens is 252 g/mol. The molecule has 2 rings (SSSR count). The lowest BCUT2D eigenvalue weighted by molar-refractivity contribution is 0.375. The topological polar surface area (TPSA) is 47.2 Å². The molecule has 2 heterocycles. The van der Waals surface area contributed by atoms with Crippen molar-refractivity contribution in [1.82, 2.24) is 9.88 Å². The number of aromatic nitrogens is 1. The molecule has 2 aromatic rings. The molecule has 0 aliphatic rings. The summed E-state index contributed by atoms with van der Waals surface area (Å²) in [5, 5.41) is 3.38. The molecule has 0 saturated heterocycles. The van der Waals surface area contributed by atoms with Crippen LogP contribution in [0.15, 0.2) is 39.5 Å². The standard InChI is InChI=1S/C16H22N2O2/c1-12-6-5-7-15(19)18(12)11-14-9-8-13(20-14)10-17-16(2,3)4/h5-9,17H,10-11H2,1-4H3. The molecule has 0 spiro atoms. The van der Waals surface area contributed by atoms with Crippen LogP contribution in [0.2, 0.25) is 0 Å². The number of nitrogens with one attached hydrogen (secondary N) is 1. The second-order valence-corrected chi connectivity index (χ2v) is 6.06. The van der Waals surface area contributed by atoms with Crippen molar-refractivity contribution in [2.75, 3.05) is 0 Å². The van der Waals surface area contributed by atoms with Crippen LogP contribution in [0.25, 0.3) is 0 Å². The van der Waals surface area contributed by atoms with E-state index < -0.39 is 0 Å². The van der Waals surface area contributed by atoms with Gasteiger partial charge in [0.2, 0.25) is 0 Å². The SMILES string of the molecule is Cc1cccc(=O)n1Cc1ccc(CNC(C)(C)C)o1. The van der Waals surface area contributed by atoms with E-state index in [1.54, 1.807) is 16.7 Å². The molecule has 20 heavy (non-hydrogen) atoms. The quantitative estimate of drug-likeness (QED) is 0.932. The smallest absolute Gasteiger partial charge is 0.251 e. The Kier molecular flexibility index (Phi) is 4.14. The van der Waals surface area contributed by atoms with Gasteiger partial charge in [0.05, 0.1) is 13.1 Å². The van der Waals surface area contributed by atoms with Crippen molar-refractivity contribution in [3.8, 4) is 0 Å². The Balaban J connectivity index is 2.08. The zero-order chi connectivity index (χ0) is 14.8. The van der Waals surface area contributed by atoms with E-state index in [0.29, 0.717) is 13.1 Å². The third kappa shape index (κ3) is 3.84. The molecule has 0 aliphatic heterocycles. The molecule has 0 aromatic carbocycles. The number of hydrogen-bond donors (Lipinski definition) is 1. The molecule has 0 radical (unpaired) electrons. The van der Waals surface area contributed by atoms with Crippen LogP contribution < -0.4 is 10.9 Å². The fourth-order valence-corrected chi connectivity index (χ4v) is 1.94. The van der Waals surface area contributed by atoms with E-state index in [-0.39, 0.29) is 11.1 Å². The molecule has 1 N–H and O–H groups in total. The summed E-state index contributed by atoms with van der Waals surface area (Å²) in [5.41, 5.74) is 0.985. The van der Waals surface area contributed by atoms with Gasteiger partial charge in [0, 0.05) is 17.3 Å². The molecular formula is C16H22N2O2. The minimum absolute atomic E-state index is 0.00392. The van der Waals surface area contributed by atoms with Crippen molar-refractivity contribution < 1.29 is 4.42 Å². The maximum absolute atomic E-state index is 11.8. The number of aryl methyl sites for hydroxylation is 1. The van der Waals surface area contributed by atoms with Crippen LogP contribution in [-0.4, -0.2) is 10.1 Å². The maximum atomic E-state index is 11.8. The minimum Gasteiger partial charge on any atom is -0.463 e. The lowest BCUT2D eigenvalue weighted by atomic mass is 10.1. The molecule has 108 valence electrons. The normalized spacial score (nSPS) is 11.8. The van der Waals surface area contributed by atoms with Gasteiger partial charge >= 0.3 is 0 Å². The summed E-state index contributed by atoms with van der Waals surface area (Å²) in [4.78, 5) is 11.8. The first-order valence-corrected chi connectivity index (χ1v) is 6.84. The maximum Gasteiger partial charge on any atom is 0.251 e. The molecule has 4 nitrogen and oxygen atoms in total. The molecule has 0 saturated carbocycles. The van der Waals surface area contributed by atoms with Crippen LogP contribution in [0.5, 0.6) is 0 Å². The number of nitrogens with zero attached hydrogens (tertiary/aromatic N) is 1. The Morgan fingerprint density at radius 3 is 2.50 bits per heavy atom. The average Bonchev–Trinajstić information content (AvgIpc) is 2.79. The fourth-order valence-electron chi connectivity index (χ4n) is 1.94. The van der Waals surface area contributed by atoms with Gasteiger partial charge in [-0.05, 0) is 45.9 Å². The lowest BCUT2D eigenvalue weighted by Gasteiger charge is -2.19. The van der Waals surface area contributed by atoms with E-state index in [9.17, 15) is 4.79 Å². The Morgan fingerprint density at radius 1 is 1.15 bits per heavy atom. The highest BCUT2D eigenvalue weighted by Crippen LogP contribution is 2.11. The Morgan fingerprint density at radius 2 is 1.85 bits per heavy atom. The summed E-state index contributed by atoms with van der Waals surface area (Å²) in [5.74, 6) is 1.68. The molecule has 0 fully saturated rings. The van der Waals surface area contributed by atoms with Crippen molar-refractivity contribution in [3.05, 3.63) is 57.9 Å². The Labute approximate surface area is 119 Å². The largest absolute Gasteiger partial charge is 0.463 e. The first-order chi connectivity index (χ1) is 9.35. The summed E-state index contributed by atoms with van der Waals surface area (Å²) in [7, 11) is 0. The number of furan rings is 1. The van der Waals surface area contributed by atoms with E-state index in [1.807, 2.05) is 25.1 Å². The molecule has 0 bridgehead atoms. The Bertz CT molecular complexity index is 632. The van der Waals surface area contributed by atoms with Gasteiger partial charge in [0.1, 0.15) is 11.5 Å². The molecule has 4 heteroatoms. The van der Waals surface area contributed by atoms with Crippen molar-refractivity contribution in [2.45, 2.75) is 46.3 Å². The second-order valence-electron chi connectivity index (χ2n) is 6.06. The summed E-state index contributed by atoms with van der Waals surface area (Å²) in [6.07, 6.45) is 0. The number of rotatable bonds is 4. The zero-order valence-corrected chi connectivity index (χ0v) is 12.6. The molecule has 2 aromatic heterocycles. The first kappa shape index (κ1) is 14.6. The van der Waals surface area contributed by atoms with E-state index >= 15 is 0 Å². The van der Waals surface area contributed by atoms with Crippen LogP contribution >= 0.6 is 0 Å². The molecule has 0 unspecified atom stereocenters. The summed E-state index contributed by atoms with van der Waals surface area (Å²) in [6.45, 7) is 9.43. The van der Waals surface area contributed by atoms with E-state index in [0.717, 1.165) is 17.2 Å². The summed E-state index contributed by atoms with van der Waals surface area (Å²) in [6, 6.07) is 9.15. The summed E-state index contributed by atoms with van der Waals surface area (Å²) >= 11 is 0. The van der Waals surface area contributed by atoms with Crippen molar-refractivity contribution in [2.24, 2.45) is 0 Å². The van der Waals surface area contributed by atoms with Gasteiger partial charge in [-0.15, -0.1) is 0 Å². The third-order valence-electron chi connectivity index (χ3n) is 3.09. The van der Waals surface area contributed by atoms with Gasteiger partial charge in [-0.1, -0.05) is 6.07 Å². The molecule has 0 amide bonds. The Hall–Kier alpha value is -1.81. The zero-order valence-electron chi connectivity index (χ0n) is 12.6. The average molecular weight is 274 g/mol. The van der Waals surface area contributed by atoms with Crippen molar-refractivity contribution >= 4 is 0 Å². The van der Waals surface area contributed by atoms with Gasteiger partial charge in [-0.3, -0.25) is 4.79 Å². The lowest BCUT2D eigenvalue weighted by Crippen LogP contribution is -2.34. The van der Waals surface area contributed by atoms with Crippen LogP contribution in [0, 0.1) is 6.92 Å². The monoisotopic (exact) mass is 274 g/mol. The second kappa shape index (κ2) is 5.67. The molecule has 0 aliphatic carbocycles. The highest BCUT2D eigenvalue weighted by atomic mass is 16.3. The fraction of sp³-hybridized carbons (Fsp3) is 0.438. The highest BCUT2D eigenvalue weighted by Gasteiger charge is 2.11. The van der Waals surface area contributed by atoms with E-state index in [4.69, 9.17) is 4.42 Å². The summed E-state index contributed by atoms with van der Waals surface area (Å²) < 4.78 is 7.48.